The van der Waals surface area contributed by atoms with Gasteiger partial charge in [0.2, 0.25) is 5.91 Å². The average Bonchev–Trinajstić information content (AvgIpc) is 1.98. The summed E-state index contributed by atoms with van der Waals surface area (Å²) in [4.78, 5) is 10.9. The second-order valence-corrected chi connectivity index (χ2v) is 2.04. The predicted octanol–water partition coefficient (Wildman–Crippen LogP) is -0.104. The molecule has 0 aromatic carbocycles. The van der Waals surface area contributed by atoms with Crippen LogP contribution >= 0.6 is 0 Å². The molecule has 0 fully saturated rings. The zero-order chi connectivity index (χ0) is 7.98. The number of hydrogen-bond donors (Lipinski definition) is 2. The lowest BCUT2D eigenvalue weighted by Crippen LogP contribution is -2.40. The molecule has 1 atom stereocenters. The summed E-state index contributed by atoms with van der Waals surface area (Å²) in [7, 11) is 1.75. The molecule has 0 aromatic heterocycles. The fourth-order valence-corrected chi connectivity index (χ4v) is 0.457. The lowest BCUT2D eigenvalue weighted by molar-refractivity contribution is -0.122. The lowest BCUT2D eigenvalue weighted by atomic mass is 10.3. The van der Waals surface area contributed by atoms with Crippen LogP contribution in [0.15, 0.2) is 12.7 Å². The van der Waals surface area contributed by atoms with Crippen molar-refractivity contribution in [3.8, 4) is 0 Å². The summed E-state index contributed by atoms with van der Waals surface area (Å²) in [5.74, 6) is 0.00222. The Morgan fingerprint density at radius 3 is 2.80 bits per heavy atom. The minimum absolute atomic E-state index is 0.00222. The molecular formula is C7H14N2O. The van der Waals surface area contributed by atoms with Crippen molar-refractivity contribution < 1.29 is 4.79 Å². The number of likely N-dealkylation sites (N-methyl/N-ethyl adjacent to an activating group) is 1. The first-order chi connectivity index (χ1) is 4.72. The van der Waals surface area contributed by atoms with Crippen molar-refractivity contribution in [2.75, 3.05) is 13.6 Å². The maximum Gasteiger partial charge on any atom is 0.237 e. The number of carbonyl (C=O) groups is 1. The first kappa shape index (κ1) is 9.17. The van der Waals surface area contributed by atoms with Crippen molar-refractivity contribution in [3.63, 3.8) is 0 Å². The van der Waals surface area contributed by atoms with Crippen molar-refractivity contribution in [3.05, 3.63) is 12.7 Å². The van der Waals surface area contributed by atoms with Crippen molar-refractivity contribution in [2.45, 2.75) is 13.0 Å². The van der Waals surface area contributed by atoms with Crippen LogP contribution in [-0.4, -0.2) is 25.5 Å². The van der Waals surface area contributed by atoms with E-state index >= 15 is 0 Å². The number of amides is 1. The fraction of sp³-hybridized carbons (Fsp3) is 0.571. The third-order valence-electron chi connectivity index (χ3n) is 1.25. The number of rotatable bonds is 4. The highest BCUT2D eigenvalue weighted by Crippen LogP contribution is 1.77. The van der Waals surface area contributed by atoms with Gasteiger partial charge in [0.05, 0.1) is 6.04 Å². The molecule has 0 aliphatic carbocycles. The number of nitrogens with one attached hydrogen (secondary N) is 2. The molecule has 0 aromatic rings. The molecule has 0 unspecified atom stereocenters. The molecule has 10 heavy (non-hydrogen) atoms. The fourth-order valence-electron chi connectivity index (χ4n) is 0.457. The molecule has 0 saturated carbocycles. The van der Waals surface area contributed by atoms with Gasteiger partial charge in [0.25, 0.3) is 0 Å². The summed E-state index contributed by atoms with van der Waals surface area (Å²) in [6.45, 7) is 5.82. The first-order valence-corrected chi connectivity index (χ1v) is 3.28. The molecule has 0 rings (SSSR count). The third kappa shape index (κ3) is 3.25. The van der Waals surface area contributed by atoms with E-state index in [-0.39, 0.29) is 11.9 Å². The molecule has 0 bridgehead atoms. The maximum atomic E-state index is 10.9. The quantitative estimate of drug-likeness (QED) is 0.538. The van der Waals surface area contributed by atoms with Crippen LogP contribution in [0, 0.1) is 0 Å². The topological polar surface area (TPSA) is 41.1 Å². The standard InChI is InChI=1S/C7H14N2O/c1-4-5-9-7(10)6(2)8-3/h4,6,8H,1,5H2,2-3H3,(H,9,10)/t6-/m1/s1. The van der Waals surface area contributed by atoms with Gasteiger partial charge in [0, 0.05) is 6.54 Å². The highest BCUT2D eigenvalue weighted by Gasteiger charge is 2.06. The Kier molecular flexibility index (Phi) is 4.58. The Morgan fingerprint density at radius 1 is 1.80 bits per heavy atom. The summed E-state index contributed by atoms with van der Waals surface area (Å²) < 4.78 is 0. The van der Waals surface area contributed by atoms with Crippen LogP contribution in [0.2, 0.25) is 0 Å². The summed E-state index contributed by atoms with van der Waals surface area (Å²) >= 11 is 0. The largest absolute Gasteiger partial charge is 0.351 e. The van der Waals surface area contributed by atoms with Gasteiger partial charge in [-0.3, -0.25) is 4.79 Å². The van der Waals surface area contributed by atoms with E-state index in [0.29, 0.717) is 6.54 Å². The van der Waals surface area contributed by atoms with Crippen LogP contribution < -0.4 is 10.6 Å². The molecule has 0 spiro atoms. The maximum absolute atomic E-state index is 10.9. The minimum atomic E-state index is -0.125. The zero-order valence-corrected chi connectivity index (χ0v) is 6.48. The first-order valence-electron chi connectivity index (χ1n) is 3.28. The van der Waals surface area contributed by atoms with Gasteiger partial charge >= 0.3 is 0 Å². The van der Waals surface area contributed by atoms with Gasteiger partial charge in [0.1, 0.15) is 0 Å². The molecule has 0 aliphatic heterocycles. The van der Waals surface area contributed by atoms with E-state index in [0.717, 1.165) is 0 Å². The van der Waals surface area contributed by atoms with Crippen molar-refractivity contribution in [1.82, 2.24) is 10.6 Å². The molecule has 1 amide bonds. The Hall–Kier alpha value is -0.830. The van der Waals surface area contributed by atoms with E-state index < -0.39 is 0 Å². The second-order valence-electron chi connectivity index (χ2n) is 2.04. The Balaban J connectivity index is 3.51. The average molecular weight is 142 g/mol. The van der Waals surface area contributed by atoms with Crippen LogP contribution in [-0.2, 0) is 4.79 Å². The molecule has 0 aliphatic rings. The summed E-state index contributed by atoms with van der Waals surface area (Å²) in [5, 5.41) is 5.49. The van der Waals surface area contributed by atoms with Crippen molar-refractivity contribution >= 4 is 5.91 Å². The highest BCUT2D eigenvalue weighted by atomic mass is 16.2. The number of hydrogen-bond acceptors (Lipinski definition) is 2. The van der Waals surface area contributed by atoms with Crippen LogP contribution in [0.1, 0.15) is 6.92 Å². The monoisotopic (exact) mass is 142 g/mol. The van der Waals surface area contributed by atoms with E-state index in [4.69, 9.17) is 0 Å². The molecule has 0 radical (unpaired) electrons. The van der Waals surface area contributed by atoms with E-state index in [1.165, 1.54) is 0 Å². The van der Waals surface area contributed by atoms with E-state index in [1.54, 1.807) is 20.0 Å². The Labute approximate surface area is 61.5 Å². The molecule has 2 N–H and O–H groups in total. The predicted molar refractivity (Wildman–Crippen MR) is 41.7 cm³/mol. The van der Waals surface area contributed by atoms with Crippen molar-refractivity contribution in [2.24, 2.45) is 0 Å². The molecule has 0 heterocycles. The van der Waals surface area contributed by atoms with Gasteiger partial charge in [-0.25, -0.2) is 0 Å². The van der Waals surface area contributed by atoms with Gasteiger partial charge in [-0.05, 0) is 14.0 Å². The lowest BCUT2D eigenvalue weighted by Gasteiger charge is -2.08. The van der Waals surface area contributed by atoms with Crippen LogP contribution in [0.3, 0.4) is 0 Å². The normalized spacial score (nSPS) is 12.2. The van der Waals surface area contributed by atoms with E-state index in [1.807, 2.05) is 0 Å². The zero-order valence-electron chi connectivity index (χ0n) is 6.48. The highest BCUT2D eigenvalue weighted by molar-refractivity contribution is 5.81. The molecule has 3 nitrogen and oxygen atoms in total. The third-order valence-corrected chi connectivity index (χ3v) is 1.25. The van der Waals surface area contributed by atoms with Gasteiger partial charge < -0.3 is 10.6 Å². The van der Waals surface area contributed by atoms with Gasteiger partial charge in [-0.1, -0.05) is 6.08 Å². The van der Waals surface area contributed by atoms with Gasteiger partial charge in [-0.2, -0.15) is 0 Å². The van der Waals surface area contributed by atoms with Crippen LogP contribution in [0.5, 0.6) is 0 Å². The molecular weight excluding hydrogens is 128 g/mol. The summed E-state index contributed by atoms with van der Waals surface area (Å²) in [6, 6.07) is -0.125. The SMILES string of the molecule is C=CCNC(=O)[C@@H](C)NC. The van der Waals surface area contributed by atoms with E-state index in [9.17, 15) is 4.79 Å². The molecule has 58 valence electrons. The Morgan fingerprint density at radius 2 is 2.40 bits per heavy atom. The van der Waals surface area contributed by atoms with E-state index in [2.05, 4.69) is 17.2 Å². The number of carbonyl (C=O) groups excluding carboxylic acids is 1. The Bertz CT molecular complexity index is 123. The van der Waals surface area contributed by atoms with Gasteiger partial charge in [0.15, 0.2) is 0 Å². The summed E-state index contributed by atoms with van der Waals surface area (Å²) in [6.07, 6.45) is 1.65. The second kappa shape index (κ2) is 4.99. The van der Waals surface area contributed by atoms with Crippen LogP contribution in [0.4, 0.5) is 0 Å². The summed E-state index contributed by atoms with van der Waals surface area (Å²) in [5.41, 5.74) is 0. The van der Waals surface area contributed by atoms with Gasteiger partial charge in [-0.15, -0.1) is 6.58 Å². The van der Waals surface area contributed by atoms with Crippen LogP contribution in [0.25, 0.3) is 0 Å². The molecule has 0 saturated heterocycles. The smallest absolute Gasteiger partial charge is 0.237 e. The van der Waals surface area contributed by atoms with Crippen molar-refractivity contribution in [1.29, 1.82) is 0 Å². The minimum Gasteiger partial charge on any atom is -0.351 e. The molecule has 3 heteroatoms.